The van der Waals surface area contributed by atoms with Crippen LogP contribution < -0.4 is 0 Å². The van der Waals surface area contributed by atoms with E-state index in [-0.39, 0.29) is 5.56 Å². The van der Waals surface area contributed by atoms with Gasteiger partial charge < -0.3 is 5.11 Å². The van der Waals surface area contributed by atoms with E-state index in [9.17, 15) is 36.2 Å². The van der Waals surface area contributed by atoms with E-state index < -0.39 is 52.0 Å². The van der Waals surface area contributed by atoms with Crippen molar-refractivity contribution in [3.8, 4) is 0 Å². The van der Waals surface area contributed by atoms with Gasteiger partial charge in [0.25, 0.3) is 0 Å². The van der Waals surface area contributed by atoms with Crippen LogP contribution in [0.15, 0.2) is 48.3 Å². The molecule has 0 aliphatic carbocycles. The highest BCUT2D eigenvalue weighted by atomic mass is 19.2. The molecule has 0 aromatic heterocycles. The van der Waals surface area contributed by atoms with Crippen molar-refractivity contribution < 1.29 is 36.2 Å². The number of halogens is 6. The minimum Gasteiger partial charge on any atom is -0.508 e. The Balaban J connectivity index is 2.13. The molecule has 2 aromatic carbocycles. The summed E-state index contributed by atoms with van der Waals surface area (Å²) in [7, 11) is 0. The molecular formula is C19H10F6O2. The molecule has 0 saturated carbocycles. The summed E-state index contributed by atoms with van der Waals surface area (Å²) in [4.78, 5) is 11.6. The first-order chi connectivity index (χ1) is 12.7. The van der Waals surface area contributed by atoms with Crippen LogP contribution in [0, 0.1) is 34.9 Å². The molecule has 0 amide bonds. The molecule has 2 nitrogen and oxygen atoms in total. The maximum absolute atomic E-state index is 13.4. The fourth-order valence-corrected chi connectivity index (χ4v) is 1.93. The zero-order valence-corrected chi connectivity index (χ0v) is 13.3. The molecule has 0 radical (unpaired) electrons. The maximum atomic E-state index is 13.4. The molecule has 0 heterocycles. The number of ketones is 1. The fourth-order valence-electron chi connectivity index (χ4n) is 1.93. The number of allylic oxidation sites excluding steroid dienone is 3. The highest BCUT2D eigenvalue weighted by Crippen LogP contribution is 2.18. The average Bonchev–Trinajstić information content (AvgIpc) is 2.63. The van der Waals surface area contributed by atoms with Crippen molar-refractivity contribution in [3.05, 3.63) is 94.3 Å². The molecule has 0 unspecified atom stereocenters. The summed E-state index contributed by atoms with van der Waals surface area (Å²) in [6.07, 6.45) is 4.04. The van der Waals surface area contributed by atoms with Crippen LogP contribution in [0.5, 0.6) is 0 Å². The van der Waals surface area contributed by atoms with Gasteiger partial charge in [0.1, 0.15) is 5.76 Å². The predicted octanol–water partition coefficient (Wildman–Crippen LogP) is 5.26. The van der Waals surface area contributed by atoms with Crippen LogP contribution in [0.25, 0.3) is 12.2 Å². The van der Waals surface area contributed by atoms with Crippen molar-refractivity contribution in [2.75, 3.05) is 0 Å². The van der Waals surface area contributed by atoms with Gasteiger partial charge in [-0.2, -0.15) is 0 Å². The molecule has 0 spiro atoms. The molecule has 0 aliphatic rings. The number of rotatable bonds is 5. The number of hydrogen-bond donors (Lipinski definition) is 1. The molecule has 0 fully saturated rings. The highest BCUT2D eigenvalue weighted by molar-refractivity contribution is 6.02. The van der Waals surface area contributed by atoms with Crippen molar-refractivity contribution in [1.29, 1.82) is 0 Å². The van der Waals surface area contributed by atoms with Crippen LogP contribution in [-0.2, 0) is 4.79 Å². The Bertz CT molecular complexity index is 977. The Kier molecular flexibility index (Phi) is 6.23. The van der Waals surface area contributed by atoms with Gasteiger partial charge in [-0.25, -0.2) is 26.3 Å². The molecule has 0 bridgehead atoms. The van der Waals surface area contributed by atoms with Gasteiger partial charge in [-0.3, -0.25) is 4.79 Å². The summed E-state index contributed by atoms with van der Waals surface area (Å²) in [5.41, 5.74) is -0.768. The molecule has 1 N–H and O–H groups in total. The Hall–Kier alpha value is -3.29. The molecule has 0 saturated heterocycles. The van der Waals surface area contributed by atoms with Crippen molar-refractivity contribution in [1.82, 2.24) is 0 Å². The van der Waals surface area contributed by atoms with E-state index in [0.717, 1.165) is 36.4 Å². The minimum absolute atomic E-state index is 0.374. The summed E-state index contributed by atoms with van der Waals surface area (Å²) < 4.78 is 78.6. The second-order valence-corrected chi connectivity index (χ2v) is 5.17. The third-order valence-electron chi connectivity index (χ3n) is 3.28. The lowest BCUT2D eigenvalue weighted by molar-refractivity contribution is -0.110. The number of carbonyl (C=O) groups excluding carboxylic acids is 1. The van der Waals surface area contributed by atoms with Crippen LogP contribution in [0.1, 0.15) is 11.1 Å². The number of benzene rings is 2. The Labute approximate surface area is 149 Å². The lowest BCUT2D eigenvalue weighted by Crippen LogP contribution is -1.94. The first-order valence-electron chi connectivity index (χ1n) is 7.28. The van der Waals surface area contributed by atoms with E-state index in [4.69, 9.17) is 0 Å². The molecule has 140 valence electrons. The normalized spacial score (nSPS) is 12.3. The average molecular weight is 384 g/mol. The third-order valence-corrected chi connectivity index (χ3v) is 3.28. The topological polar surface area (TPSA) is 37.3 Å². The van der Waals surface area contributed by atoms with E-state index >= 15 is 0 Å². The Morgan fingerprint density at radius 3 is 1.63 bits per heavy atom. The SMILES string of the molecule is O=C(/C=C(O)/C=C/c1ccc(F)c(F)c1F)/C=C/c1ccc(F)c(F)c1F. The van der Waals surface area contributed by atoms with Gasteiger partial charge in [0.05, 0.1) is 0 Å². The first-order valence-corrected chi connectivity index (χ1v) is 7.28. The summed E-state index contributed by atoms with van der Waals surface area (Å²) in [6.45, 7) is 0. The monoisotopic (exact) mass is 384 g/mol. The van der Waals surface area contributed by atoms with Crippen LogP contribution in [0.2, 0.25) is 0 Å². The molecule has 0 atom stereocenters. The van der Waals surface area contributed by atoms with Gasteiger partial charge in [-0.1, -0.05) is 0 Å². The molecule has 27 heavy (non-hydrogen) atoms. The van der Waals surface area contributed by atoms with Gasteiger partial charge in [-0.15, -0.1) is 0 Å². The van der Waals surface area contributed by atoms with Gasteiger partial charge in [-0.05, 0) is 48.6 Å². The largest absolute Gasteiger partial charge is 0.508 e. The number of hydrogen-bond acceptors (Lipinski definition) is 2. The summed E-state index contributed by atoms with van der Waals surface area (Å²) in [5, 5.41) is 9.57. The highest BCUT2D eigenvalue weighted by Gasteiger charge is 2.12. The molecular weight excluding hydrogens is 374 g/mol. The summed E-state index contributed by atoms with van der Waals surface area (Å²) in [6, 6.07) is 3.19. The lowest BCUT2D eigenvalue weighted by atomic mass is 10.1. The van der Waals surface area contributed by atoms with E-state index in [0.29, 0.717) is 18.2 Å². The van der Waals surface area contributed by atoms with Crippen LogP contribution in [0.3, 0.4) is 0 Å². The smallest absolute Gasteiger partial charge is 0.195 e. The Morgan fingerprint density at radius 2 is 1.15 bits per heavy atom. The second-order valence-electron chi connectivity index (χ2n) is 5.17. The number of carbonyl (C=O) groups is 1. The summed E-state index contributed by atoms with van der Waals surface area (Å²) in [5.74, 6) is -10.6. The Morgan fingerprint density at radius 1 is 0.704 bits per heavy atom. The number of aliphatic hydroxyl groups excluding tert-OH is 1. The summed E-state index contributed by atoms with van der Waals surface area (Å²) >= 11 is 0. The van der Waals surface area contributed by atoms with Crippen LogP contribution in [0.4, 0.5) is 26.3 Å². The molecule has 2 rings (SSSR count). The third kappa shape index (κ3) is 4.87. The van der Waals surface area contributed by atoms with E-state index in [1.54, 1.807) is 0 Å². The minimum atomic E-state index is -1.69. The first kappa shape index (κ1) is 20.0. The standard InChI is InChI=1S/C19H10F6O2/c20-14-7-3-10(16(22)18(14)24)1-5-12(26)9-13(27)6-2-11-4-8-15(21)19(25)17(11)23/h1-9,26H/b5-1+,6-2+,12-9-. The van der Waals surface area contributed by atoms with E-state index in [1.807, 2.05) is 0 Å². The number of aliphatic hydroxyl groups is 1. The van der Waals surface area contributed by atoms with E-state index in [2.05, 4.69) is 0 Å². The predicted molar refractivity (Wildman–Crippen MR) is 86.4 cm³/mol. The van der Waals surface area contributed by atoms with Gasteiger partial charge >= 0.3 is 0 Å². The molecule has 8 heteroatoms. The van der Waals surface area contributed by atoms with Crippen LogP contribution in [-0.4, -0.2) is 10.9 Å². The lowest BCUT2D eigenvalue weighted by Gasteiger charge is -1.99. The van der Waals surface area contributed by atoms with Crippen molar-refractivity contribution >= 4 is 17.9 Å². The van der Waals surface area contributed by atoms with Crippen molar-refractivity contribution in [2.45, 2.75) is 0 Å². The van der Waals surface area contributed by atoms with Gasteiger partial charge in [0.15, 0.2) is 40.7 Å². The molecule has 0 aliphatic heterocycles. The second kappa shape index (κ2) is 8.39. The van der Waals surface area contributed by atoms with Gasteiger partial charge in [0, 0.05) is 17.2 Å². The zero-order valence-electron chi connectivity index (χ0n) is 13.3. The zero-order chi connectivity index (χ0) is 20.1. The fraction of sp³-hybridized carbons (Fsp3) is 0. The van der Waals surface area contributed by atoms with Crippen LogP contribution >= 0.6 is 0 Å². The van der Waals surface area contributed by atoms with Gasteiger partial charge in [0.2, 0.25) is 0 Å². The van der Waals surface area contributed by atoms with E-state index in [1.165, 1.54) is 0 Å². The molecule has 2 aromatic rings. The maximum Gasteiger partial charge on any atom is 0.195 e. The van der Waals surface area contributed by atoms with Crippen molar-refractivity contribution in [3.63, 3.8) is 0 Å². The van der Waals surface area contributed by atoms with Crippen molar-refractivity contribution in [2.24, 2.45) is 0 Å². The quantitative estimate of drug-likeness (QED) is 0.251.